The Bertz CT molecular complexity index is 435. The molecule has 7 nitrogen and oxygen atoms in total. The van der Waals surface area contributed by atoms with Crippen LogP contribution in [0.1, 0.15) is 35.4 Å². The van der Waals surface area contributed by atoms with Crippen LogP contribution in [0.25, 0.3) is 0 Å². The summed E-state index contributed by atoms with van der Waals surface area (Å²) in [5.41, 5.74) is 0. The van der Waals surface area contributed by atoms with Gasteiger partial charge in [-0.15, -0.1) is 0 Å². The van der Waals surface area contributed by atoms with E-state index in [9.17, 15) is 4.79 Å². The molecule has 2 saturated heterocycles. The van der Waals surface area contributed by atoms with Gasteiger partial charge < -0.3 is 19.8 Å². The van der Waals surface area contributed by atoms with Crippen molar-refractivity contribution in [3.63, 3.8) is 0 Å². The summed E-state index contributed by atoms with van der Waals surface area (Å²) in [6.45, 7) is 2.20. The van der Waals surface area contributed by atoms with Gasteiger partial charge in [0, 0.05) is 25.6 Å². The van der Waals surface area contributed by atoms with E-state index in [0.717, 1.165) is 19.4 Å². The molecule has 3 heterocycles. The van der Waals surface area contributed by atoms with Gasteiger partial charge in [0.25, 0.3) is 11.7 Å². The van der Waals surface area contributed by atoms with Crippen molar-refractivity contribution in [1.82, 2.24) is 20.4 Å². The molecule has 18 heavy (non-hydrogen) atoms. The molecule has 0 radical (unpaired) electrons. The van der Waals surface area contributed by atoms with E-state index in [1.54, 1.807) is 4.90 Å². The molecule has 3 rings (SSSR count). The highest BCUT2D eigenvalue weighted by molar-refractivity contribution is 5.90. The zero-order valence-corrected chi connectivity index (χ0v) is 10.0. The highest BCUT2D eigenvalue weighted by atomic mass is 16.5. The SMILES string of the molecule is O=C(c1noc(C2CCCN2)n1)N1CC(CO)C1. The summed E-state index contributed by atoms with van der Waals surface area (Å²) in [7, 11) is 0. The first-order valence-corrected chi connectivity index (χ1v) is 6.25. The maximum Gasteiger partial charge on any atom is 0.295 e. The van der Waals surface area contributed by atoms with E-state index in [-0.39, 0.29) is 30.3 Å². The highest BCUT2D eigenvalue weighted by Gasteiger charge is 2.33. The number of amides is 1. The molecule has 2 aliphatic heterocycles. The van der Waals surface area contributed by atoms with Gasteiger partial charge >= 0.3 is 0 Å². The van der Waals surface area contributed by atoms with Gasteiger partial charge in [0.1, 0.15) is 0 Å². The second-order valence-corrected chi connectivity index (χ2v) is 4.86. The van der Waals surface area contributed by atoms with Gasteiger partial charge in [-0.3, -0.25) is 4.79 Å². The zero-order valence-electron chi connectivity index (χ0n) is 10.0. The van der Waals surface area contributed by atoms with Crippen molar-refractivity contribution in [2.45, 2.75) is 18.9 Å². The molecule has 2 N–H and O–H groups in total. The van der Waals surface area contributed by atoms with Crippen LogP contribution in [-0.2, 0) is 0 Å². The van der Waals surface area contributed by atoms with Gasteiger partial charge in [-0.2, -0.15) is 4.98 Å². The van der Waals surface area contributed by atoms with Crippen molar-refractivity contribution in [3.05, 3.63) is 11.7 Å². The van der Waals surface area contributed by atoms with E-state index in [1.165, 1.54) is 0 Å². The Hall–Kier alpha value is -1.47. The van der Waals surface area contributed by atoms with Crippen molar-refractivity contribution >= 4 is 5.91 Å². The number of nitrogens with zero attached hydrogens (tertiary/aromatic N) is 3. The topological polar surface area (TPSA) is 91.5 Å². The first-order chi connectivity index (χ1) is 8.78. The molecule has 0 bridgehead atoms. The van der Waals surface area contributed by atoms with E-state index < -0.39 is 0 Å². The average Bonchev–Trinajstić information content (AvgIpc) is 2.98. The number of hydrogen-bond acceptors (Lipinski definition) is 6. The van der Waals surface area contributed by atoms with Crippen molar-refractivity contribution in [3.8, 4) is 0 Å². The van der Waals surface area contributed by atoms with Gasteiger partial charge in [0.2, 0.25) is 5.89 Å². The van der Waals surface area contributed by atoms with Crippen molar-refractivity contribution < 1.29 is 14.4 Å². The number of aliphatic hydroxyl groups excluding tert-OH is 1. The van der Waals surface area contributed by atoms with Crippen molar-refractivity contribution in [1.29, 1.82) is 0 Å². The predicted octanol–water partition coefficient (Wildman–Crippen LogP) is -0.442. The minimum absolute atomic E-state index is 0.0839. The standard InChI is InChI=1S/C11H16N4O3/c16-6-7-4-15(5-7)11(17)9-13-10(18-14-9)8-2-1-3-12-8/h7-8,12,16H,1-6H2. The van der Waals surface area contributed by atoms with Crippen molar-refractivity contribution in [2.24, 2.45) is 5.92 Å². The largest absolute Gasteiger partial charge is 0.396 e. The smallest absolute Gasteiger partial charge is 0.295 e. The summed E-state index contributed by atoms with van der Waals surface area (Å²) in [6.07, 6.45) is 2.05. The van der Waals surface area contributed by atoms with Crippen molar-refractivity contribution in [2.75, 3.05) is 26.2 Å². The Morgan fingerprint density at radius 3 is 3.06 bits per heavy atom. The lowest BCUT2D eigenvalue weighted by molar-refractivity contribution is 0.0348. The average molecular weight is 252 g/mol. The second-order valence-electron chi connectivity index (χ2n) is 4.86. The molecule has 1 aromatic rings. The van der Waals surface area contributed by atoms with Crippen LogP contribution in [0.5, 0.6) is 0 Å². The number of hydrogen-bond donors (Lipinski definition) is 2. The normalized spacial score (nSPS) is 24.3. The fraction of sp³-hybridized carbons (Fsp3) is 0.727. The van der Waals surface area contributed by atoms with Gasteiger partial charge in [0.15, 0.2) is 0 Å². The fourth-order valence-electron chi connectivity index (χ4n) is 2.35. The van der Waals surface area contributed by atoms with Crippen LogP contribution in [0.2, 0.25) is 0 Å². The molecule has 1 amide bonds. The third-order valence-electron chi connectivity index (χ3n) is 3.49. The van der Waals surface area contributed by atoms with E-state index >= 15 is 0 Å². The van der Waals surface area contributed by atoms with E-state index in [2.05, 4.69) is 15.5 Å². The predicted molar refractivity (Wildman–Crippen MR) is 60.8 cm³/mol. The lowest BCUT2D eigenvalue weighted by Crippen LogP contribution is -2.51. The number of rotatable bonds is 3. The minimum Gasteiger partial charge on any atom is -0.396 e. The summed E-state index contributed by atoms with van der Waals surface area (Å²) in [4.78, 5) is 17.7. The first kappa shape index (κ1) is 11.6. The summed E-state index contributed by atoms with van der Waals surface area (Å²) < 4.78 is 5.12. The Balaban J connectivity index is 1.64. The third kappa shape index (κ3) is 1.99. The molecule has 0 saturated carbocycles. The zero-order chi connectivity index (χ0) is 12.5. The van der Waals surface area contributed by atoms with Crippen LogP contribution in [0, 0.1) is 5.92 Å². The Labute approximate surface area is 104 Å². The summed E-state index contributed by atoms with van der Waals surface area (Å²) in [6, 6.07) is 0.0839. The van der Waals surface area contributed by atoms with Gasteiger partial charge in [-0.25, -0.2) is 0 Å². The van der Waals surface area contributed by atoms with Crippen LogP contribution in [0.3, 0.4) is 0 Å². The Morgan fingerprint density at radius 2 is 2.39 bits per heavy atom. The lowest BCUT2D eigenvalue weighted by atomic mass is 10.0. The molecule has 1 unspecified atom stereocenters. The maximum absolute atomic E-state index is 12.0. The first-order valence-electron chi connectivity index (χ1n) is 6.25. The third-order valence-corrected chi connectivity index (χ3v) is 3.49. The molecule has 0 aromatic carbocycles. The van der Waals surface area contributed by atoms with E-state index in [0.29, 0.717) is 19.0 Å². The Kier molecular flexibility index (Phi) is 3.00. The van der Waals surface area contributed by atoms with Gasteiger partial charge in [-0.1, -0.05) is 5.16 Å². The molecule has 2 fully saturated rings. The van der Waals surface area contributed by atoms with Gasteiger partial charge in [-0.05, 0) is 19.4 Å². The van der Waals surface area contributed by atoms with Crippen LogP contribution in [0.4, 0.5) is 0 Å². The van der Waals surface area contributed by atoms with Crippen LogP contribution < -0.4 is 5.32 Å². The minimum atomic E-state index is -0.215. The molecule has 1 aromatic heterocycles. The van der Waals surface area contributed by atoms with E-state index in [1.807, 2.05) is 0 Å². The maximum atomic E-state index is 12.0. The van der Waals surface area contributed by atoms with E-state index in [4.69, 9.17) is 9.63 Å². The summed E-state index contributed by atoms with van der Waals surface area (Å²) >= 11 is 0. The molecular weight excluding hydrogens is 236 g/mol. The molecule has 98 valence electrons. The molecule has 0 aliphatic carbocycles. The lowest BCUT2D eigenvalue weighted by Gasteiger charge is -2.37. The molecule has 2 aliphatic rings. The number of aromatic nitrogens is 2. The summed E-state index contributed by atoms with van der Waals surface area (Å²) in [5, 5.41) is 15.9. The Morgan fingerprint density at radius 1 is 1.56 bits per heavy atom. The molecule has 7 heteroatoms. The monoisotopic (exact) mass is 252 g/mol. The van der Waals surface area contributed by atoms with Crippen LogP contribution in [-0.4, -0.2) is 52.3 Å². The van der Waals surface area contributed by atoms with Gasteiger partial charge in [0.05, 0.1) is 6.04 Å². The summed E-state index contributed by atoms with van der Waals surface area (Å²) in [5.74, 6) is 0.592. The number of carbonyl (C=O) groups is 1. The molecular formula is C11H16N4O3. The number of likely N-dealkylation sites (tertiary alicyclic amines) is 1. The highest BCUT2D eigenvalue weighted by Crippen LogP contribution is 2.22. The molecule has 0 spiro atoms. The quantitative estimate of drug-likeness (QED) is 0.757. The number of nitrogens with one attached hydrogen (secondary N) is 1. The second kappa shape index (κ2) is 4.66. The fourth-order valence-corrected chi connectivity index (χ4v) is 2.35. The van der Waals surface area contributed by atoms with Crippen LogP contribution >= 0.6 is 0 Å². The molecule has 1 atom stereocenters. The van der Waals surface area contributed by atoms with Crippen LogP contribution in [0.15, 0.2) is 4.52 Å². The number of aliphatic hydroxyl groups is 1. The number of carbonyl (C=O) groups excluding carboxylic acids is 1.